The van der Waals surface area contributed by atoms with Gasteiger partial charge in [0.25, 0.3) is 0 Å². The molecule has 26 heteroatoms. The van der Waals surface area contributed by atoms with Crippen LogP contribution in [0.25, 0.3) is 53.6 Å². The van der Waals surface area contributed by atoms with Gasteiger partial charge in [-0.2, -0.15) is 0 Å². The van der Waals surface area contributed by atoms with Gasteiger partial charge in [0.05, 0.1) is 13.1 Å². The first-order valence-corrected chi connectivity index (χ1v) is 29.6. The highest BCUT2D eigenvalue weighted by atomic mass is 16.6. The summed E-state index contributed by atoms with van der Waals surface area (Å²) in [4.78, 5) is 109. The predicted molar refractivity (Wildman–Crippen MR) is 347 cm³/mol. The van der Waals surface area contributed by atoms with Gasteiger partial charge in [0.2, 0.25) is 17.7 Å². The molecule has 0 bridgehead atoms. The number of ketones is 2. The van der Waals surface area contributed by atoms with Gasteiger partial charge in [-0.1, -0.05) is 147 Å². The summed E-state index contributed by atoms with van der Waals surface area (Å²) in [5, 5.41) is 18.8. The molecule has 0 saturated carbocycles. The Hall–Kier alpha value is -9.47. The lowest BCUT2D eigenvalue weighted by Gasteiger charge is -2.22. The van der Waals surface area contributed by atoms with E-state index in [2.05, 4.69) is 54.3 Å². The van der Waals surface area contributed by atoms with E-state index in [0.29, 0.717) is 84.9 Å². The number of carboxylic acids is 1. The third-order valence-electron chi connectivity index (χ3n) is 13.6. The predicted octanol–water partition coefficient (Wildman–Crippen LogP) is 11.8. The maximum absolute atomic E-state index is 12.6. The number of ether oxygens (including phenoxy) is 2. The van der Waals surface area contributed by atoms with Gasteiger partial charge < -0.3 is 44.8 Å². The van der Waals surface area contributed by atoms with E-state index in [1.54, 1.807) is 20.9 Å². The van der Waals surface area contributed by atoms with Gasteiger partial charge in [-0.25, -0.2) is 9.59 Å². The topological polar surface area (TPSA) is 364 Å². The third-order valence-corrected chi connectivity index (χ3v) is 13.6. The van der Waals surface area contributed by atoms with Crippen molar-refractivity contribution in [3.8, 4) is 22.3 Å². The number of hydrogen-bond acceptors (Lipinski definition) is 14. The molecule has 0 saturated heterocycles. The molecule has 0 heterocycles. The number of benzene rings is 4. The Balaban J connectivity index is 0.000000652. The van der Waals surface area contributed by atoms with E-state index < -0.39 is 30.6 Å². The molecule has 26 nitrogen and oxygen atoms in total. The second-order valence-corrected chi connectivity index (χ2v) is 20.2. The summed E-state index contributed by atoms with van der Waals surface area (Å²) in [6.45, 7) is 8.05. The van der Waals surface area contributed by atoms with Crippen LogP contribution in [0, 0.1) is 0 Å². The van der Waals surface area contributed by atoms with Crippen molar-refractivity contribution in [2.75, 3.05) is 107 Å². The number of carbonyl (C=O) groups is 8. The fraction of sp³-hybridized carbons (Fsp3) is 0.500. The minimum atomic E-state index is -1.11. The highest BCUT2D eigenvalue weighted by Crippen LogP contribution is 2.45. The average Bonchev–Trinajstić information content (AvgIpc) is 1.63. The maximum Gasteiger partial charge on any atom is 0.409 e. The molecule has 5 amide bonds. The maximum atomic E-state index is 12.6. The summed E-state index contributed by atoms with van der Waals surface area (Å²) in [6.07, 6.45) is 4.22. The smallest absolute Gasteiger partial charge is 0.409 e. The lowest BCUT2D eigenvalue weighted by atomic mass is 9.98. The van der Waals surface area contributed by atoms with Crippen LogP contribution in [0.15, 0.2) is 112 Å². The monoisotopic (exact) mass is 1250 g/mol. The van der Waals surface area contributed by atoms with Crippen LogP contribution in [0.5, 0.6) is 0 Å². The van der Waals surface area contributed by atoms with Crippen molar-refractivity contribution >= 4 is 47.4 Å². The number of aliphatic carboxylic acids is 1. The van der Waals surface area contributed by atoms with Crippen LogP contribution in [0.3, 0.4) is 0 Å². The molecule has 0 atom stereocenters. The van der Waals surface area contributed by atoms with Gasteiger partial charge in [0.1, 0.15) is 32.8 Å². The van der Waals surface area contributed by atoms with Crippen LogP contribution < -0.4 is 5.73 Å². The number of Topliss-reactive ketones (excluding diaryl/α,β-unsaturated/α-hetero) is 2. The number of fused-ring (bicyclic) bond motifs is 6. The second kappa shape index (κ2) is 45.8. The zero-order valence-electron chi connectivity index (χ0n) is 55.3. The molecule has 4 aromatic carbocycles. The molecule has 90 heavy (non-hydrogen) atoms. The summed E-state index contributed by atoms with van der Waals surface area (Å²) in [6, 6.07) is 32.2. The molecule has 0 aromatic heterocycles. The average molecular weight is 1250 g/mol. The lowest BCUT2D eigenvalue weighted by Crippen LogP contribution is -2.41. The van der Waals surface area contributed by atoms with Gasteiger partial charge >= 0.3 is 18.2 Å². The molecule has 0 radical (unpaired) electrons. The van der Waals surface area contributed by atoms with Crippen molar-refractivity contribution in [1.82, 2.24) is 24.5 Å². The number of amides is 5. The number of nitrogens with zero attached hydrogens (tertiary/aromatic N) is 14. The summed E-state index contributed by atoms with van der Waals surface area (Å²) in [5.41, 5.74) is 38.1. The van der Waals surface area contributed by atoms with E-state index in [4.69, 9.17) is 39.6 Å². The number of azide groups is 3. The number of likely N-dealkylation sites (N-methyl/N-ethyl adjacent to an activating group) is 5. The van der Waals surface area contributed by atoms with Crippen LogP contribution in [-0.4, -0.2) is 184 Å². The summed E-state index contributed by atoms with van der Waals surface area (Å²) < 4.78 is 23.4. The first-order valence-electron chi connectivity index (χ1n) is 31.0. The van der Waals surface area contributed by atoms with Gasteiger partial charge in [0, 0.05) is 103 Å². The van der Waals surface area contributed by atoms with E-state index in [1.165, 1.54) is 42.9 Å². The van der Waals surface area contributed by atoms with Crippen molar-refractivity contribution in [2.45, 2.75) is 104 Å². The third kappa shape index (κ3) is 28.1. The van der Waals surface area contributed by atoms with Crippen LogP contribution >= 0.6 is 0 Å². The van der Waals surface area contributed by atoms with Crippen LogP contribution in [0.1, 0.15) is 129 Å². The second-order valence-electron chi connectivity index (χ2n) is 20.2. The molecule has 3 N–H and O–H groups in total. The number of unbranched alkanes of at least 4 members (excludes halogenated alkanes) is 2. The molecular formula is C64H91N15O11. The number of hydrogen-bond donors (Lipinski definition) is 2. The van der Waals surface area contributed by atoms with E-state index in [0.717, 1.165) is 67.1 Å². The molecule has 2 aliphatic carbocycles. The Labute approximate surface area is 531 Å². The van der Waals surface area contributed by atoms with Crippen LogP contribution in [0.2, 0.25) is 0 Å². The highest BCUT2D eigenvalue weighted by molar-refractivity contribution is 5.89. The fourth-order valence-corrected chi connectivity index (χ4v) is 9.05. The number of carbonyl (C=O) groups excluding carboxylic acids is 7. The minimum Gasteiger partial charge on any atom is -0.480 e. The quantitative estimate of drug-likeness (QED) is 0.0222. The molecule has 0 fully saturated rings. The molecule has 0 unspecified atom stereocenters. The Morgan fingerprint density at radius 1 is 0.489 bits per heavy atom. The number of rotatable bonds is 29. The molecule has 488 valence electrons. The zero-order chi connectivity index (χ0) is 68.8. The minimum absolute atomic E-state index is 0.00919. The van der Waals surface area contributed by atoms with Gasteiger partial charge in [-0.05, 0) is 106 Å². The first kappa shape index (κ1) is 74.8. The largest absolute Gasteiger partial charge is 0.480 e. The van der Waals surface area contributed by atoms with Gasteiger partial charge in [-0.15, -0.1) is 0 Å². The summed E-state index contributed by atoms with van der Waals surface area (Å²) >= 11 is 0. The van der Waals surface area contributed by atoms with Crippen LogP contribution in [0.4, 0.5) is 9.59 Å². The van der Waals surface area contributed by atoms with Crippen molar-refractivity contribution in [3.05, 3.63) is 151 Å². The molecular weight excluding hydrogens is 1150 g/mol. The summed E-state index contributed by atoms with van der Waals surface area (Å²) in [5.74, 6) is -2.07. The lowest BCUT2D eigenvalue weighted by molar-refractivity contribution is -0.143. The number of nitrogens with two attached hydrogens (primary N) is 1. The fourth-order valence-electron chi connectivity index (χ4n) is 9.05. The molecule has 4 aromatic rings. The Morgan fingerprint density at radius 3 is 1.11 bits per heavy atom. The van der Waals surface area contributed by atoms with Crippen molar-refractivity contribution in [2.24, 2.45) is 21.1 Å². The molecule has 2 aliphatic rings. The Bertz CT molecular complexity index is 3030. The molecule has 6 rings (SSSR count). The normalized spacial score (nSPS) is 11.0. The van der Waals surface area contributed by atoms with Gasteiger partial charge in [-0.3, -0.25) is 28.8 Å². The SMILES string of the molecule is CCCC(=O)N(C)CC(=O)CCCCN=[N+]=[N-].CN(CC(=O)CCCCN=[N+]=[N-])C(=O)CN(C)C(=O)OCC1c2ccccc2-c2ccccc21.CN(CC(=O)O)C(=O)CN(C)C(=O)OCC1c2ccccc2-c2ccccc21.[2H]CC.[2H]CC.[N-]=[N+]=NCCCN. The Kier molecular flexibility index (Phi) is 38.0. The molecule has 0 aliphatic heterocycles. The van der Waals surface area contributed by atoms with Gasteiger partial charge in [0.15, 0.2) is 11.6 Å². The van der Waals surface area contributed by atoms with Crippen molar-refractivity contribution < 1.29 is 55.7 Å². The van der Waals surface area contributed by atoms with E-state index in [1.807, 2.05) is 79.7 Å². The zero-order valence-corrected chi connectivity index (χ0v) is 53.3. The van der Waals surface area contributed by atoms with Crippen molar-refractivity contribution in [3.63, 3.8) is 0 Å². The summed E-state index contributed by atoms with van der Waals surface area (Å²) in [7, 11) is 7.51. The molecule has 0 spiro atoms. The van der Waals surface area contributed by atoms with E-state index in [-0.39, 0.29) is 74.6 Å². The van der Waals surface area contributed by atoms with E-state index in [9.17, 15) is 38.4 Å². The Morgan fingerprint density at radius 2 is 0.800 bits per heavy atom. The number of carboxylic acid groups (broad SMARTS) is 1. The van der Waals surface area contributed by atoms with E-state index >= 15 is 0 Å². The highest BCUT2D eigenvalue weighted by Gasteiger charge is 2.31. The van der Waals surface area contributed by atoms with Crippen molar-refractivity contribution in [1.29, 1.82) is 0 Å². The first-order chi connectivity index (χ1) is 44.2. The van der Waals surface area contributed by atoms with Crippen LogP contribution in [-0.2, 0) is 38.2 Å². The standard InChI is InChI=1S/C25H29N5O4.C21H22N2O5.C11H20N4O2.C3H8N4.2C2H6/c1-29(15-18(31)9-7-8-14-27-28-26)24(32)16-30(2)25(33)34-17-23-21-12-5-3-10-19(21)20-11-4-6-13-22(20)23;1-22(12-20(25)26)19(24)11-23(2)21(27)28-13-18-16-9-5-3-7-14(16)15-8-4-6-10-17(15)18;1-3-6-11(17)15(2)9-10(16)7-4-5-8-13-14-12;4-2-1-3-6-7-5;2*1-2/h3-6,10-13,23H,7-9,14-17H2,1-2H3;3-10,18H,11-13H2,1-2H3,(H,25,26);3-9H2,1-2H3;1-4H2;2*1-2H3/i;;;;2*1D.